The van der Waals surface area contributed by atoms with E-state index in [1.807, 2.05) is 12.2 Å². The Bertz CT molecular complexity index is 240. The van der Waals surface area contributed by atoms with Gasteiger partial charge in [0.2, 0.25) is 0 Å². The summed E-state index contributed by atoms with van der Waals surface area (Å²) in [6.07, 6.45) is 19.7. The number of Topliss-reactive ketones (excluding diaryl/α,β-unsaturated/α-hetero) is 1. The summed E-state index contributed by atoms with van der Waals surface area (Å²) in [5.74, 6) is 0.477. The molecular weight excluding hydrogens is 232 g/mol. The van der Waals surface area contributed by atoms with Crippen LogP contribution in [0.3, 0.4) is 0 Å². The number of carbonyl (C=O) groups is 1. The van der Waals surface area contributed by atoms with Crippen molar-refractivity contribution in [1.29, 1.82) is 0 Å². The van der Waals surface area contributed by atoms with Gasteiger partial charge in [0.15, 0.2) is 0 Å². The van der Waals surface area contributed by atoms with E-state index in [0.29, 0.717) is 5.78 Å². The number of hydrogen-bond acceptors (Lipinski definition) is 1. The fourth-order valence-electron chi connectivity index (χ4n) is 2.18. The van der Waals surface area contributed by atoms with Gasteiger partial charge in [0.1, 0.15) is 5.78 Å². The Hall–Kier alpha value is -0.850. The normalized spacial score (nSPS) is 11.0. The van der Waals surface area contributed by atoms with Crippen molar-refractivity contribution in [2.24, 2.45) is 0 Å². The first-order chi connectivity index (χ1) is 9.31. The van der Waals surface area contributed by atoms with Crippen molar-refractivity contribution in [1.82, 2.24) is 0 Å². The van der Waals surface area contributed by atoms with Crippen molar-refractivity contribution in [3.8, 4) is 0 Å². The van der Waals surface area contributed by atoms with Crippen LogP contribution in [-0.4, -0.2) is 5.78 Å². The number of rotatable bonds is 14. The largest absolute Gasteiger partial charge is 0.300 e. The van der Waals surface area contributed by atoms with Crippen LogP contribution in [0.2, 0.25) is 0 Å². The van der Waals surface area contributed by atoms with Gasteiger partial charge in [-0.05, 0) is 25.7 Å². The molecule has 0 atom stereocenters. The molecule has 0 aliphatic rings. The first-order valence-corrected chi connectivity index (χ1v) is 8.10. The molecule has 0 amide bonds. The summed E-state index contributed by atoms with van der Waals surface area (Å²) in [6.45, 7) is 5.85. The molecule has 1 heteroatoms. The molecule has 110 valence electrons. The van der Waals surface area contributed by atoms with E-state index in [1.54, 1.807) is 0 Å². The van der Waals surface area contributed by atoms with Gasteiger partial charge in [-0.25, -0.2) is 0 Å². The molecular formula is C18H32O. The SMILES string of the molecule is C=C/C=C\CCCCCCCC(=O)CCCCCC. The third-order valence-electron chi connectivity index (χ3n) is 3.41. The van der Waals surface area contributed by atoms with E-state index in [1.165, 1.54) is 44.9 Å². The monoisotopic (exact) mass is 264 g/mol. The average molecular weight is 264 g/mol. The molecule has 0 unspecified atom stereocenters. The maximum absolute atomic E-state index is 11.6. The van der Waals surface area contributed by atoms with Crippen LogP contribution in [0.5, 0.6) is 0 Å². The van der Waals surface area contributed by atoms with E-state index < -0.39 is 0 Å². The highest BCUT2D eigenvalue weighted by Gasteiger charge is 2.01. The minimum atomic E-state index is 0.477. The molecule has 1 nitrogen and oxygen atoms in total. The fraction of sp³-hybridized carbons (Fsp3) is 0.722. The number of ketones is 1. The Morgan fingerprint density at radius 3 is 2.11 bits per heavy atom. The summed E-state index contributed by atoms with van der Waals surface area (Å²) >= 11 is 0. The van der Waals surface area contributed by atoms with Crippen LogP contribution >= 0.6 is 0 Å². The van der Waals surface area contributed by atoms with Gasteiger partial charge in [0, 0.05) is 12.8 Å². The van der Waals surface area contributed by atoms with Gasteiger partial charge in [-0.2, -0.15) is 0 Å². The standard InChI is InChI=1S/C18H32O/c1-3-5-7-9-10-11-12-13-15-17-18(19)16-14-8-6-4-2/h3,5,7H,1,4,6,8-17H2,2H3/b7-5-. The summed E-state index contributed by atoms with van der Waals surface area (Å²) in [6, 6.07) is 0. The van der Waals surface area contributed by atoms with Crippen LogP contribution in [0.15, 0.2) is 24.8 Å². The Kier molecular flexibility index (Phi) is 14.5. The quantitative estimate of drug-likeness (QED) is 0.278. The van der Waals surface area contributed by atoms with Crippen LogP contribution in [0.25, 0.3) is 0 Å². The minimum Gasteiger partial charge on any atom is -0.300 e. The van der Waals surface area contributed by atoms with Crippen molar-refractivity contribution in [3.63, 3.8) is 0 Å². The second kappa shape index (κ2) is 15.2. The van der Waals surface area contributed by atoms with Gasteiger partial charge >= 0.3 is 0 Å². The van der Waals surface area contributed by atoms with Crippen molar-refractivity contribution >= 4 is 5.78 Å². The zero-order chi connectivity index (χ0) is 14.2. The third kappa shape index (κ3) is 15.1. The highest BCUT2D eigenvalue weighted by molar-refractivity contribution is 5.78. The first kappa shape index (κ1) is 18.1. The van der Waals surface area contributed by atoms with Crippen molar-refractivity contribution < 1.29 is 4.79 Å². The second-order valence-corrected chi connectivity index (χ2v) is 5.32. The summed E-state index contributed by atoms with van der Waals surface area (Å²) in [5.41, 5.74) is 0. The summed E-state index contributed by atoms with van der Waals surface area (Å²) in [4.78, 5) is 11.6. The molecule has 0 aromatic carbocycles. The minimum absolute atomic E-state index is 0.477. The Balaban J connectivity index is 3.18. The highest BCUT2D eigenvalue weighted by Crippen LogP contribution is 2.10. The molecule has 19 heavy (non-hydrogen) atoms. The second-order valence-electron chi connectivity index (χ2n) is 5.32. The molecule has 0 N–H and O–H groups in total. The van der Waals surface area contributed by atoms with Gasteiger partial charge in [0.05, 0.1) is 0 Å². The van der Waals surface area contributed by atoms with E-state index in [0.717, 1.165) is 32.1 Å². The molecule has 0 aliphatic carbocycles. The number of unbranched alkanes of at least 4 members (excludes halogenated alkanes) is 8. The van der Waals surface area contributed by atoms with Crippen LogP contribution in [0.4, 0.5) is 0 Å². The summed E-state index contributed by atoms with van der Waals surface area (Å²) < 4.78 is 0. The molecule has 0 heterocycles. The maximum atomic E-state index is 11.6. The van der Waals surface area contributed by atoms with Gasteiger partial charge in [-0.1, -0.05) is 70.3 Å². The van der Waals surface area contributed by atoms with E-state index in [9.17, 15) is 4.79 Å². The van der Waals surface area contributed by atoms with E-state index in [4.69, 9.17) is 0 Å². The Labute approximate surface area is 120 Å². The third-order valence-corrected chi connectivity index (χ3v) is 3.41. The zero-order valence-electron chi connectivity index (χ0n) is 12.8. The van der Waals surface area contributed by atoms with Crippen LogP contribution in [-0.2, 0) is 4.79 Å². The lowest BCUT2D eigenvalue weighted by atomic mass is 10.0. The summed E-state index contributed by atoms with van der Waals surface area (Å²) in [7, 11) is 0. The number of allylic oxidation sites excluding steroid dienone is 3. The molecule has 0 saturated heterocycles. The van der Waals surface area contributed by atoms with E-state index in [-0.39, 0.29) is 0 Å². The first-order valence-electron chi connectivity index (χ1n) is 8.10. The smallest absolute Gasteiger partial charge is 0.132 e. The molecule has 0 aromatic rings. The molecule has 0 fully saturated rings. The van der Waals surface area contributed by atoms with E-state index >= 15 is 0 Å². The molecule has 0 saturated carbocycles. The lowest BCUT2D eigenvalue weighted by molar-refractivity contribution is -0.119. The molecule has 0 aromatic heterocycles. The van der Waals surface area contributed by atoms with Gasteiger partial charge in [-0.15, -0.1) is 0 Å². The maximum Gasteiger partial charge on any atom is 0.132 e. The molecule has 0 radical (unpaired) electrons. The van der Waals surface area contributed by atoms with Crippen LogP contribution in [0.1, 0.15) is 84.0 Å². The topological polar surface area (TPSA) is 17.1 Å². The van der Waals surface area contributed by atoms with Crippen molar-refractivity contribution in [2.45, 2.75) is 84.0 Å². The molecule has 0 bridgehead atoms. The molecule has 0 spiro atoms. The molecule has 0 rings (SSSR count). The van der Waals surface area contributed by atoms with Crippen LogP contribution < -0.4 is 0 Å². The zero-order valence-corrected chi connectivity index (χ0v) is 12.8. The van der Waals surface area contributed by atoms with Gasteiger partial charge < -0.3 is 0 Å². The lowest BCUT2D eigenvalue weighted by Gasteiger charge is -2.01. The van der Waals surface area contributed by atoms with Gasteiger partial charge in [-0.3, -0.25) is 4.79 Å². The Morgan fingerprint density at radius 2 is 1.47 bits per heavy atom. The lowest BCUT2D eigenvalue weighted by Crippen LogP contribution is -1.97. The number of carbonyl (C=O) groups excluding carboxylic acids is 1. The Morgan fingerprint density at radius 1 is 0.895 bits per heavy atom. The number of hydrogen-bond donors (Lipinski definition) is 0. The molecule has 0 aliphatic heterocycles. The van der Waals surface area contributed by atoms with Crippen LogP contribution in [0, 0.1) is 0 Å². The van der Waals surface area contributed by atoms with E-state index in [2.05, 4.69) is 19.6 Å². The summed E-state index contributed by atoms with van der Waals surface area (Å²) in [5, 5.41) is 0. The van der Waals surface area contributed by atoms with Gasteiger partial charge in [0.25, 0.3) is 0 Å². The average Bonchev–Trinajstić information content (AvgIpc) is 2.42. The fourth-order valence-corrected chi connectivity index (χ4v) is 2.18. The predicted molar refractivity (Wildman–Crippen MR) is 85.4 cm³/mol. The highest BCUT2D eigenvalue weighted by atomic mass is 16.1. The predicted octanol–water partition coefficient (Wildman–Crippen LogP) is 6.00. The van der Waals surface area contributed by atoms with Crippen molar-refractivity contribution in [2.75, 3.05) is 0 Å². The van der Waals surface area contributed by atoms with Crippen molar-refractivity contribution in [3.05, 3.63) is 24.8 Å².